The fourth-order valence-corrected chi connectivity index (χ4v) is 1.33. The van der Waals surface area contributed by atoms with E-state index in [0.717, 1.165) is 25.3 Å². The molecule has 0 aromatic heterocycles. The monoisotopic (exact) mass is 167 g/mol. The summed E-state index contributed by atoms with van der Waals surface area (Å²) in [6.07, 6.45) is 8.35. The summed E-state index contributed by atoms with van der Waals surface area (Å²) < 4.78 is 0. The predicted molar refractivity (Wildman–Crippen MR) is 55.0 cm³/mol. The number of terminal acetylenes is 1. The van der Waals surface area contributed by atoms with Gasteiger partial charge in [0.1, 0.15) is 0 Å². The summed E-state index contributed by atoms with van der Waals surface area (Å²) in [6.45, 7) is 7.78. The van der Waals surface area contributed by atoms with Crippen LogP contribution in [0.2, 0.25) is 0 Å². The van der Waals surface area contributed by atoms with E-state index >= 15 is 0 Å². The van der Waals surface area contributed by atoms with Crippen LogP contribution in [-0.4, -0.2) is 12.6 Å². The minimum absolute atomic E-state index is 0.655. The molecule has 0 saturated carbocycles. The summed E-state index contributed by atoms with van der Waals surface area (Å²) in [5.74, 6) is 3.37. The van der Waals surface area contributed by atoms with Crippen LogP contribution in [0.3, 0.4) is 0 Å². The molecule has 12 heavy (non-hydrogen) atoms. The van der Waals surface area contributed by atoms with Crippen molar-refractivity contribution in [3.63, 3.8) is 0 Å². The smallest absolute Gasteiger partial charge is 0.00981 e. The maximum atomic E-state index is 5.16. The molecule has 70 valence electrons. The van der Waals surface area contributed by atoms with Crippen LogP contribution >= 0.6 is 0 Å². The third kappa shape index (κ3) is 5.21. The summed E-state index contributed by atoms with van der Waals surface area (Å²) in [5, 5.41) is 3.51. The zero-order chi connectivity index (χ0) is 9.40. The van der Waals surface area contributed by atoms with Gasteiger partial charge in [0.15, 0.2) is 0 Å². The number of hydrogen-bond donors (Lipinski definition) is 1. The molecule has 1 unspecified atom stereocenters. The highest BCUT2D eigenvalue weighted by atomic mass is 14.9. The van der Waals surface area contributed by atoms with Crippen LogP contribution in [0.5, 0.6) is 0 Å². The lowest BCUT2D eigenvalue weighted by atomic mass is 10.0. The molecule has 0 aliphatic rings. The van der Waals surface area contributed by atoms with Crippen LogP contribution in [0.25, 0.3) is 0 Å². The zero-order valence-electron chi connectivity index (χ0n) is 8.56. The zero-order valence-corrected chi connectivity index (χ0v) is 8.56. The lowest BCUT2D eigenvalue weighted by molar-refractivity contribution is 0.388. The quantitative estimate of drug-likeness (QED) is 0.473. The van der Waals surface area contributed by atoms with Gasteiger partial charge in [0.2, 0.25) is 0 Å². The Bertz CT molecular complexity index is 132. The lowest BCUT2D eigenvalue weighted by Crippen LogP contribution is -2.33. The Morgan fingerprint density at radius 2 is 2.08 bits per heavy atom. The molecule has 0 radical (unpaired) electrons. The van der Waals surface area contributed by atoms with E-state index in [4.69, 9.17) is 6.42 Å². The van der Waals surface area contributed by atoms with Crippen molar-refractivity contribution in [1.29, 1.82) is 0 Å². The summed E-state index contributed by atoms with van der Waals surface area (Å²) in [7, 11) is 0. The van der Waals surface area contributed by atoms with E-state index in [1.165, 1.54) is 6.42 Å². The first-order valence-corrected chi connectivity index (χ1v) is 4.89. The third-order valence-corrected chi connectivity index (χ3v) is 2.15. The highest BCUT2D eigenvalue weighted by molar-refractivity contribution is 4.83. The van der Waals surface area contributed by atoms with Crippen molar-refractivity contribution in [1.82, 2.24) is 5.32 Å². The molecule has 0 aromatic carbocycles. The third-order valence-electron chi connectivity index (χ3n) is 2.15. The molecule has 0 spiro atoms. The maximum absolute atomic E-state index is 5.16. The van der Waals surface area contributed by atoms with Gasteiger partial charge in [0.05, 0.1) is 0 Å². The van der Waals surface area contributed by atoms with E-state index in [9.17, 15) is 0 Å². The Balaban J connectivity index is 3.40. The summed E-state index contributed by atoms with van der Waals surface area (Å²) in [6, 6.07) is 0.655. The molecule has 0 rings (SSSR count). The molecule has 1 atom stereocenters. The average molecular weight is 167 g/mol. The highest BCUT2D eigenvalue weighted by Gasteiger charge is 2.08. The number of unbranched alkanes of at least 4 members (excludes halogenated alkanes) is 1. The second-order valence-corrected chi connectivity index (χ2v) is 3.52. The predicted octanol–water partition coefficient (Wildman–Crippen LogP) is 2.42. The van der Waals surface area contributed by atoms with E-state index < -0.39 is 0 Å². The van der Waals surface area contributed by atoms with Gasteiger partial charge in [0, 0.05) is 12.5 Å². The van der Waals surface area contributed by atoms with Gasteiger partial charge in [-0.3, -0.25) is 0 Å². The van der Waals surface area contributed by atoms with E-state index in [2.05, 4.69) is 32.0 Å². The molecule has 0 fully saturated rings. The first-order valence-electron chi connectivity index (χ1n) is 4.89. The molecular formula is C11H21N. The van der Waals surface area contributed by atoms with Crippen molar-refractivity contribution in [2.24, 2.45) is 5.92 Å². The fraction of sp³-hybridized carbons (Fsp3) is 0.818. The van der Waals surface area contributed by atoms with Crippen molar-refractivity contribution in [2.75, 3.05) is 6.54 Å². The molecule has 1 nitrogen and oxygen atoms in total. The second-order valence-electron chi connectivity index (χ2n) is 3.52. The summed E-state index contributed by atoms with van der Waals surface area (Å²) in [4.78, 5) is 0. The Morgan fingerprint density at radius 1 is 1.42 bits per heavy atom. The summed E-state index contributed by atoms with van der Waals surface area (Å²) >= 11 is 0. The van der Waals surface area contributed by atoms with Crippen LogP contribution < -0.4 is 5.32 Å². The van der Waals surface area contributed by atoms with Gasteiger partial charge in [-0.1, -0.05) is 20.8 Å². The first kappa shape index (κ1) is 11.5. The van der Waals surface area contributed by atoms with Gasteiger partial charge in [-0.05, 0) is 25.3 Å². The minimum atomic E-state index is 0.655. The van der Waals surface area contributed by atoms with Gasteiger partial charge in [-0.2, -0.15) is 0 Å². The fourth-order valence-electron chi connectivity index (χ4n) is 1.33. The molecule has 0 amide bonds. The van der Waals surface area contributed by atoms with E-state index in [-0.39, 0.29) is 0 Å². The number of nitrogens with one attached hydrogen (secondary N) is 1. The molecule has 0 heterocycles. The molecule has 0 aromatic rings. The Labute approximate surface area is 76.9 Å². The molecule has 0 aliphatic carbocycles. The van der Waals surface area contributed by atoms with Gasteiger partial charge in [-0.15, -0.1) is 12.3 Å². The van der Waals surface area contributed by atoms with Crippen molar-refractivity contribution in [3.05, 3.63) is 0 Å². The van der Waals surface area contributed by atoms with Gasteiger partial charge < -0.3 is 5.32 Å². The van der Waals surface area contributed by atoms with E-state index in [0.29, 0.717) is 6.04 Å². The van der Waals surface area contributed by atoms with Crippen molar-refractivity contribution >= 4 is 0 Å². The van der Waals surface area contributed by atoms with Gasteiger partial charge in [-0.25, -0.2) is 0 Å². The molecular weight excluding hydrogens is 146 g/mol. The van der Waals surface area contributed by atoms with Crippen molar-refractivity contribution in [2.45, 2.75) is 46.1 Å². The number of hydrogen-bond acceptors (Lipinski definition) is 1. The average Bonchev–Trinajstić information content (AvgIpc) is 2.04. The lowest BCUT2D eigenvalue weighted by Gasteiger charge is -2.20. The molecule has 0 bridgehead atoms. The maximum Gasteiger partial charge on any atom is 0.00981 e. The Kier molecular flexibility index (Phi) is 6.90. The standard InChI is InChI=1S/C11H21N/c1-5-7-8-9-12-11(6-2)10(3)4/h1,10-12H,6-9H2,2-4H3. The van der Waals surface area contributed by atoms with Gasteiger partial charge >= 0.3 is 0 Å². The van der Waals surface area contributed by atoms with Crippen LogP contribution in [0.15, 0.2) is 0 Å². The van der Waals surface area contributed by atoms with Crippen LogP contribution in [0.4, 0.5) is 0 Å². The molecule has 1 heteroatoms. The van der Waals surface area contributed by atoms with E-state index in [1.54, 1.807) is 0 Å². The summed E-state index contributed by atoms with van der Waals surface area (Å²) in [5.41, 5.74) is 0. The molecule has 0 aliphatic heterocycles. The van der Waals surface area contributed by atoms with Crippen LogP contribution in [-0.2, 0) is 0 Å². The van der Waals surface area contributed by atoms with Crippen LogP contribution in [0, 0.1) is 18.3 Å². The van der Waals surface area contributed by atoms with Crippen molar-refractivity contribution in [3.8, 4) is 12.3 Å². The van der Waals surface area contributed by atoms with E-state index in [1.807, 2.05) is 0 Å². The topological polar surface area (TPSA) is 12.0 Å². The Morgan fingerprint density at radius 3 is 2.50 bits per heavy atom. The first-order chi connectivity index (χ1) is 5.72. The Hall–Kier alpha value is -0.480. The van der Waals surface area contributed by atoms with Gasteiger partial charge in [0.25, 0.3) is 0 Å². The highest BCUT2D eigenvalue weighted by Crippen LogP contribution is 2.04. The normalized spacial score (nSPS) is 12.9. The number of rotatable bonds is 6. The molecule has 0 saturated heterocycles. The minimum Gasteiger partial charge on any atom is -0.314 e. The largest absolute Gasteiger partial charge is 0.314 e. The molecule has 1 N–H and O–H groups in total. The second kappa shape index (κ2) is 7.18. The van der Waals surface area contributed by atoms with Crippen molar-refractivity contribution < 1.29 is 0 Å². The SMILES string of the molecule is C#CCCCNC(CC)C(C)C. The van der Waals surface area contributed by atoms with Crippen LogP contribution in [0.1, 0.15) is 40.0 Å².